The topological polar surface area (TPSA) is 53.7 Å². The van der Waals surface area contributed by atoms with Crippen LogP contribution in [0.3, 0.4) is 0 Å². The van der Waals surface area contributed by atoms with E-state index in [0.29, 0.717) is 18.8 Å². The lowest BCUT2D eigenvalue weighted by Crippen LogP contribution is -2.31. The number of thiazole rings is 1. The lowest BCUT2D eigenvalue weighted by molar-refractivity contribution is 0.0789. The molecule has 1 aromatic carbocycles. The van der Waals surface area contributed by atoms with Crippen molar-refractivity contribution in [3.63, 3.8) is 0 Å². The third kappa shape index (κ3) is 4.58. The van der Waals surface area contributed by atoms with Gasteiger partial charge < -0.3 is 4.90 Å². The third-order valence-electron chi connectivity index (χ3n) is 5.08. The highest BCUT2D eigenvalue weighted by Gasteiger charge is 2.23. The Labute approximate surface area is 180 Å². The number of amides is 1. The summed E-state index contributed by atoms with van der Waals surface area (Å²) in [4.78, 5) is 26.9. The normalized spacial score (nSPS) is 11.3. The largest absolute Gasteiger partial charge is 0.340 e. The van der Waals surface area contributed by atoms with E-state index in [1.54, 1.807) is 22.4 Å². The summed E-state index contributed by atoms with van der Waals surface area (Å²) in [7, 11) is 3.90. The number of pyridine rings is 1. The number of hydrogen-bond donors (Lipinski definition) is 0. The molecule has 6 nitrogen and oxygen atoms in total. The standard InChI is InChI=1S/C23H25N5OS/c1-26(16-19-9-6-11-24-15-19)17-20-21(25-23-28(20)13-14-30-23)22(29)27(2)12-10-18-7-4-3-5-8-18/h3-9,11,13-15H,10,12,16-17H2,1-2H3. The van der Waals surface area contributed by atoms with Crippen molar-refractivity contribution in [2.75, 3.05) is 20.6 Å². The van der Waals surface area contributed by atoms with Gasteiger partial charge in [-0.15, -0.1) is 11.3 Å². The van der Waals surface area contributed by atoms with Crippen LogP contribution in [0.2, 0.25) is 0 Å². The van der Waals surface area contributed by atoms with E-state index in [-0.39, 0.29) is 5.91 Å². The van der Waals surface area contributed by atoms with Crippen LogP contribution in [0.4, 0.5) is 0 Å². The number of nitrogens with zero attached hydrogens (tertiary/aromatic N) is 5. The first-order valence-corrected chi connectivity index (χ1v) is 10.8. The Bertz CT molecular complexity index is 1110. The van der Waals surface area contributed by atoms with E-state index in [1.165, 1.54) is 5.56 Å². The smallest absolute Gasteiger partial charge is 0.274 e. The van der Waals surface area contributed by atoms with Crippen LogP contribution in [0.5, 0.6) is 0 Å². The molecule has 0 N–H and O–H groups in total. The zero-order valence-corrected chi connectivity index (χ0v) is 18.0. The molecular weight excluding hydrogens is 394 g/mol. The van der Waals surface area contributed by atoms with E-state index >= 15 is 0 Å². The van der Waals surface area contributed by atoms with Gasteiger partial charge in [0.25, 0.3) is 5.91 Å². The summed E-state index contributed by atoms with van der Waals surface area (Å²) in [6.45, 7) is 2.03. The molecule has 0 unspecified atom stereocenters. The highest BCUT2D eigenvalue weighted by Crippen LogP contribution is 2.21. The van der Waals surface area contributed by atoms with Crippen molar-refractivity contribution in [1.82, 2.24) is 24.2 Å². The average molecular weight is 420 g/mol. The molecule has 3 heterocycles. The molecule has 154 valence electrons. The average Bonchev–Trinajstić information content (AvgIpc) is 3.35. The molecule has 0 saturated carbocycles. The van der Waals surface area contributed by atoms with Gasteiger partial charge in [0.15, 0.2) is 10.7 Å². The van der Waals surface area contributed by atoms with Crippen LogP contribution in [-0.2, 0) is 19.5 Å². The molecule has 4 aromatic rings. The summed E-state index contributed by atoms with van der Waals surface area (Å²) in [5.74, 6) is -0.0355. The number of hydrogen-bond acceptors (Lipinski definition) is 5. The van der Waals surface area contributed by atoms with Gasteiger partial charge in [0.05, 0.1) is 5.69 Å². The third-order valence-corrected chi connectivity index (χ3v) is 5.84. The zero-order valence-electron chi connectivity index (χ0n) is 17.2. The fourth-order valence-electron chi connectivity index (χ4n) is 3.49. The van der Waals surface area contributed by atoms with E-state index in [9.17, 15) is 4.79 Å². The summed E-state index contributed by atoms with van der Waals surface area (Å²) >= 11 is 1.55. The number of carbonyl (C=O) groups excluding carboxylic acids is 1. The summed E-state index contributed by atoms with van der Waals surface area (Å²) in [5.41, 5.74) is 3.82. The van der Waals surface area contributed by atoms with Gasteiger partial charge in [-0.05, 0) is 30.7 Å². The van der Waals surface area contributed by atoms with Crippen LogP contribution >= 0.6 is 11.3 Å². The molecule has 3 aromatic heterocycles. The van der Waals surface area contributed by atoms with Crippen LogP contribution in [0, 0.1) is 0 Å². The summed E-state index contributed by atoms with van der Waals surface area (Å²) in [5, 5.41) is 2.00. The van der Waals surface area contributed by atoms with Crippen molar-refractivity contribution in [3.8, 4) is 0 Å². The maximum absolute atomic E-state index is 13.2. The highest BCUT2D eigenvalue weighted by atomic mass is 32.1. The summed E-state index contributed by atoms with van der Waals surface area (Å²) < 4.78 is 2.03. The van der Waals surface area contributed by atoms with Gasteiger partial charge in [0, 0.05) is 50.7 Å². The van der Waals surface area contributed by atoms with Crippen LogP contribution < -0.4 is 0 Å². The van der Waals surface area contributed by atoms with Crippen molar-refractivity contribution < 1.29 is 4.79 Å². The molecule has 0 atom stereocenters. The summed E-state index contributed by atoms with van der Waals surface area (Å²) in [6.07, 6.45) is 6.45. The Morgan fingerprint density at radius 3 is 2.63 bits per heavy atom. The van der Waals surface area contributed by atoms with Crippen molar-refractivity contribution in [3.05, 3.63) is 88.9 Å². The maximum Gasteiger partial charge on any atom is 0.274 e. The van der Waals surface area contributed by atoms with Crippen molar-refractivity contribution in [2.24, 2.45) is 0 Å². The fourth-order valence-corrected chi connectivity index (χ4v) is 4.23. The van der Waals surface area contributed by atoms with Crippen LogP contribution in [0.25, 0.3) is 4.96 Å². The minimum atomic E-state index is -0.0355. The number of imidazole rings is 1. The highest BCUT2D eigenvalue weighted by molar-refractivity contribution is 7.15. The Morgan fingerprint density at radius 1 is 1.07 bits per heavy atom. The second-order valence-corrected chi connectivity index (χ2v) is 8.33. The number of carbonyl (C=O) groups is 1. The molecule has 4 rings (SSSR count). The van der Waals surface area contributed by atoms with E-state index < -0.39 is 0 Å². The lowest BCUT2D eigenvalue weighted by atomic mass is 10.1. The van der Waals surface area contributed by atoms with Gasteiger partial charge in [-0.2, -0.15) is 0 Å². The molecule has 0 fully saturated rings. The van der Waals surface area contributed by atoms with E-state index in [1.807, 2.05) is 60.5 Å². The van der Waals surface area contributed by atoms with Crippen LogP contribution in [0.15, 0.2) is 66.4 Å². The molecule has 0 aliphatic heterocycles. The van der Waals surface area contributed by atoms with Crippen molar-refractivity contribution >= 4 is 22.2 Å². The van der Waals surface area contributed by atoms with E-state index in [2.05, 4.69) is 33.1 Å². The molecule has 30 heavy (non-hydrogen) atoms. The number of rotatable bonds is 8. The molecule has 0 aliphatic rings. The predicted molar refractivity (Wildman–Crippen MR) is 120 cm³/mol. The fraction of sp³-hybridized carbons (Fsp3) is 0.261. The van der Waals surface area contributed by atoms with E-state index in [4.69, 9.17) is 0 Å². The zero-order chi connectivity index (χ0) is 20.9. The monoisotopic (exact) mass is 419 g/mol. The number of fused-ring (bicyclic) bond motifs is 1. The molecule has 0 radical (unpaired) electrons. The predicted octanol–water partition coefficient (Wildman–Crippen LogP) is 3.74. The Balaban J connectivity index is 1.50. The summed E-state index contributed by atoms with van der Waals surface area (Å²) in [6, 6.07) is 14.2. The van der Waals surface area contributed by atoms with Gasteiger partial charge in [0.2, 0.25) is 0 Å². The molecule has 0 saturated heterocycles. The lowest BCUT2D eigenvalue weighted by Gasteiger charge is -2.19. The first kappa shape index (κ1) is 20.3. The maximum atomic E-state index is 13.2. The molecule has 0 bridgehead atoms. The van der Waals surface area contributed by atoms with Gasteiger partial charge in [-0.3, -0.25) is 19.1 Å². The first-order chi connectivity index (χ1) is 14.6. The van der Waals surface area contributed by atoms with Crippen molar-refractivity contribution in [2.45, 2.75) is 19.5 Å². The molecular formula is C23H25N5OS. The van der Waals surface area contributed by atoms with Crippen LogP contribution in [-0.4, -0.2) is 50.7 Å². The minimum absolute atomic E-state index is 0.0355. The van der Waals surface area contributed by atoms with Crippen molar-refractivity contribution in [1.29, 1.82) is 0 Å². The quantitative estimate of drug-likeness (QED) is 0.437. The molecule has 0 spiro atoms. The molecule has 0 aliphatic carbocycles. The Hall–Kier alpha value is -3.03. The minimum Gasteiger partial charge on any atom is -0.340 e. The van der Waals surface area contributed by atoms with Gasteiger partial charge >= 0.3 is 0 Å². The Kier molecular flexibility index (Phi) is 6.21. The SMILES string of the molecule is CN(Cc1cccnc1)Cc1c(C(=O)N(C)CCc2ccccc2)nc2sccn12. The molecule has 1 amide bonds. The van der Waals surface area contributed by atoms with E-state index in [0.717, 1.165) is 29.2 Å². The van der Waals surface area contributed by atoms with Gasteiger partial charge in [-0.1, -0.05) is 36.4 Å². The Morgan fingerprint density at radius 2 is 1.87 bits per heavy atom. The second-order valence-electron chi connectivity index (χ2n) is 7.46. The van der Waals surface area contributed by atoms with Crippen LogP contribution in [0.1, 0.15) is 27.3 Å². The van der Waals surface area contributed by atoms with Gasteiger partial charge in [-0.25, -0.2) is 4.98 Å². The number of benzene rings is 1. The molecule has 7 heteroatoms. The van der Waals surface area contributed by atoms with Gasteiger partial charge in [0.1, 0.15) is 0 Å². The second kappa shape index (κ2) is 9.19. The number of likely N-dealkylation sites (N-methyl/N-ethyl adjacent to an activating group) is 1. The number of aromatic nitrogens is 3. The first-order valence-electron chi connectivity index (χ1n) is 9.93.